The van der Waals surface area contributed by atoms with Gasteiger partial charge in [-0.3, -0.25) is 10.1 Å². The van der Waals surface area contributed by atoms with Crippen LogP contribution in [0.2, 0.25) is 0 Å². The molecule has 8 heteroatoms. The van der Waals surface area contributed by atoms with Crippen LogP contribution < -0.4 is 4.90 Å². The van der Waals surface area contributed by atoms with Crippen molar-refractivity contribution in [3.8, 4) is 0 Å². The Balaban J connectivity index is 1.92. The molecule has 0 saturated carbocycles. The van der Waals surface area contributed by atoms with E-state index < -0.39 is 4.92 Å². The predicted molar refractivity (Wildman–Crippen MR) is 114 cm³/mol. The molecule has 0 radical (unpaired) electrons. The van der Waals surface area contributed by atoms with Crippen molar-refractivity contribution in [2.75, 3.05) is 18.0 Å². The molecule has 1 aromatic heterocycles. The van der Waals surface area contributed by atoms with Crippen LogP contribution in [0.15, 0.2) is 46.6 Å². The van der Waals surface area contributed by atoms with Gasteiger partial charge in [-0.2, -0.15) is 4.37 Å². The number of non-ortho nitro benzene ring substituents is 1. The fourth-order valence-corrected chi connectivity index (χ4v) is 3.77. The van der Waals surface area contributed by atoms with Crippen LogP contribution in [-0.2, 0) is 6.42 Å². The maximum atomic E-state index is 11.0. The van der Waals surface area contributed by atoms with E-state index in [0.717, 1.165) is 37.2 Å². The Morgan fingerprint density at radius 3 is 2.64 bits per heavy atom. The summed E-state index contributed by atoms with van der Waals surface area (Å²) in [6, 6.07) is 10.8. The third kappa shape index (κ3) is 4.17. The first-order valence-electron chi connectivity index (χ1n) is 9.40. The second kappa shape index (κ2) is 8.88. The first-order chi connectivity index (χ1) is 13.6. The van der Waals surface area contributed by atoms with Crippen molar-refractivity contribution in [2.24, 2.45) is 10.2 Å². The average molecular weight is 398 g/mol. The molecule has 0 fully saturated rings. The lowest BCUT2D eigenvalue weighted by atomic mass is 10.1. The maximum Gasteiger partial charge on any atom is 0.270 e. The standard InChI is InChI=1S/C20H23N5O2S/c1-4-11-24(6-3)15-7-9-18(14(5-2)12-15)21-22-20-17-13-16(25(26)27)8-10-19(17)23-28-20/h7-10,12-13H,4-6,11H2,1-3H3. The molecular formula is C20H23N5O2S. The topological polar surface area (TPSA) is 84.0 Å². The number of anilines is 1. The number of hydrogen-bond acceptors (Lipinski definition) is 7. The molecule has 0 saturated heterocycles. The molecule has 0 unspecified atom stereocenters. The van der Waals surface area contributed by atoms with Gasteiger partial charge in [-0.05, 0) is 61.1 Å². The van der Waals surface area contributed by atoms with Gasteiger partial charge in [-0.25, -0.2) is 0 Å². The van der Waals surface area contributed by atoms with Gasteiger partial charge in [0.2, 0.25) is 0 Å². The highest BCUT2D eigenvalue weighted by Crippen LogP contribution is 2.35. The van der Waals surface area contributed by atoms with Crippen LogP contribution in [-0.4, -0.2) is 22.4 Å². The van der Waals surface area contributed by atoms with Gasteiger partial charge in [-0.15, -0.1) is 10.2 Å². The molecule has 0 N–H and O–H groups in total. The summed E-state index contributed by atoms with van der Waals surface area (Å²) in [6.45, 7) is 8.41. The van der Waals surface area contributed by atoms with Gasteiger partial charge < -0.3 is 4.90 Å². The summed E-state index contributed by atoms with van der Waals surface area (Å²) >= 11 is 1.19. The van der Waals surface area contributed by atoms with Crippen molar-refractivity contribution in [2.45, 2.75) is 33.6 Å². The zero-order chi connectivity index (χ0) is 20.1. The molecule has 3 rings (SSSR count). The van der Waals surface area contributed by atoms with E-state index in [1.54, 1.807) is 6.07 Å². The molecule has 0 atom stereocenters. The average Bonchev–Trinajstić information content (AvgIpc) is 3.12. The van der Waals surface area contributed by atoms with E-state index in [4.69, 9.17) is 0 Å². The molecule has 0 aliphatic carbocycles. The highest BCUT2D eigenvalue weighted by atomic mass is 32.1. The summed E-state index contributed by atoms with van der Waals surface area (Å²) in [6.07, 6.45) is 1.95. The van der Waals surface area contributed by atoms with Crippen LogP contribution in [0.1, 0.15) is 32.8 Å². The van der Waals surface area contributed by atoms with Gasteiger partial charge in [0.25, 0.3) is 5.69 Å². The van der Waals surface area contributed by atoms with Gasteiger partial charge in [-0.1, -0.05) is 13.8 Å². The van der Waals surface area contributed by atoms with Crippen molar-refractivity contribution in [1.82, 2.24) is 4.37 Å². The number of nitrogens with zero attached hydrogens (tertiary/aromatic N) is 5. The quantitative estimate of drug-likeness (QED) is 0.249. The molecule has 1 heterocycles. The fourth-order valence-electron chi connectivity index (χ4n) is 3.09. The Morgan fingerprint density at radius 2 is 1.96 bits per heavy atom. The van der Waals surface area contributed by atoms with E-state index in [0.29, 0.717) is 15.9 Å². The number of hydrogen-bond donors (Lipinski definition) is 0. The van der Waals surface area contributed by atoms with Crippen LogP contribution in [0.5, 0.6) is 0 Å². The third-order valence-corrected chi connectivity index (χ3v) is 5.35. The molecule has 0 spiro atoms. The third-order valence-electron chi connectivity index (χ3n) is 4.58. The molecule has 0 amide bonds. The number of fused-ring (bicyclic) bond motifs is 1. The smallest absolute Gasteiger partial charge is 0.270 e. The van der Waals surface area contributed by atoms with Gasteiger partial charge in [0, 0.05) is 36.3 Å². The van der Waals surface area contributed by atoms with E-state index in [-0.39, 0.29) is 5.69 Å². The summed E-state index contributed by atoms with van der Waals surface area (Å²) in [7, 11) is 0. The summed E-state index contributed by atoms with van der Waals surface area (Å²) in [5, 5.41) is 21.0. The minimum Gasteiger partial charge on any atom is -0.372 e. The van der Waals surface area contributed by atoms with Crippen LogP contribution in [0.3, 0.4) is 0 Å². The highest BCUT2D eigenvalue weighted by Gasteiger charge is 2.12. The Hall–Kier alpha value is -2.87. The van der Waals surface area contributed by atoms with Crippen LogP contribution in [0.4, 0.5) is 22.1 Å². The zero-order valence-corrected chi connectivity index (χ0v) is 17.1. The van der Waals surface area contributed by atoms with Crippen molar-refractivity contribution < 1.29 is 4.92 Å². The summed E-state index contributed by atoms with van der Waals surface area (Å²) < 4.78 is 4.30. The molecule has 7 nitrogen and oxygen atoms in total. The molecule has 0 aliphatic rings. The lowest BCUT2D eigenvalue weighted by Gasteiger charge is -2.23. The fraction of sp³-hybridized carbons (Fsp3) is 0.350. The van der Waals surface area contributed by atoms with Crippen LogP contribution in [0.25, 0.3) is 10.9 Å². The van der Waals surface area contributed by atoms with Crippen molar-refractivity contribution >= 4 is 44.5 Å². The van der Waals surface area contributed by atoms with E-state index in [1.165, 1.54) is 29.4 Å². The lowest BCUT2D eigenvalue weighted by molar-refractivity contribution is -0.384. The summed E-state index contributed by atoms with van der Waals surface area (Å²) in [5.74, 6) is 0. The number of azo groups is 1. The van der Waals surface area contributed by atoms with Crippen LogP contribution in [0, 0.1) is 10.1 Å². The molecule has 28 heavy (non-hydrogen) atoms. The lowest BCUT2D eigenvalue weighted by Crippen LogP contribution is -2.23. The number of nitro groups is 1. The first kappa shape index (κ1) is 19.9. The summed E-state index contributed by atoms with van der Waals surface area (Å²) in [4.78, 5) is 13.0. The van der Waals surface area contributed by atoms with Crippen molar-refractivity contribution in [3.63, 3.8) is 0 Å². The number of benzene rings is 2. The minimum atomic E-state index is -0.415. The van der Waals surface area contributed by atoms with E-state index >= 15 is 0 Å². The molecular weight excluding hydrogens is 374 g/mol. The number of nitro benzene ring substituents is 1. The van der Waals surface area contributed by atoms with E-state index in [9.17, 15) is 10.1 Å². The number of rotatable bonds is 8. The van der Waals surface area contributed by atoms with E-state index in [2.05, 4.69) is 52.4 Å². The Labute approximate surface area is 168 Å². The Kier molecular flexibility index (Phi) is 6.30. The zero-order valence-electron chi connectivity index (χ0n) is 16.3. The predicted octanol–water partition coefficient (Wildman–Crippen LogP) is 6.42. The number of aryl methyl sites for hydroxylation is 1. The Bertz CT molecular complexity index is 1010. The largest absolute Gasteiger partial charge is 0.372 e. The van der Waals surface area contributed by atoms with E-state index in [1.807, 2.05) is 6.07 Å². The molecule has 0 aliphatic heterocycles. The first-order valence-corrected chi connectivity index (χ1v) is 10.2. The van der Waals surface area contributed by atoms with Gasteiger partial charge in [0.1, 0.15) is 0 Å². The summed E-state index contributed by atoms with van der Waals surface area (Å²) in [5.41, 5.74) is 3.84. The Morgan fingerprint density at radius 1 is 1.14 bits per heavy atom. The monoisotopic (exact) mass is 397 g/mol. The second-order valence-electron chi connectivity index (χ2n) is 6.39. The van der Waals surface area contributed by atoms with Crippen LogP contribution >= 0.6 is 11.5 Å². The molecule has 3 aromatic rings. The normalized spacial score (nSPS) is 11.4. The maximum absolute atomic E-state index is 11.0. The number of aromatic nitrogens is 1. The molecule has 2 aromatic carbocycles. The molecule has 146 valence electrons. The molecule has 0 bridgehead atoms. The minimum absolute atomic E-state index is 0.0262. The van der Waals surface area contributed by atoms with Gasteiger partial charge in [0.15, 0.2) is 5.00 Å². The van der Waals surface area contributed by atoms with Gasteiger partial charge >= 0.3 is 0 Å². The van der Waals surface area contributed by atoms with Crippen molar-refractivity contribution in [1.29, 1.82) is 0 Å². The highest BCUT2D eigenvalue weighted by molar-refractivity contribution is 7.11. The SMILES string of the molecule is CCCN(CC)c1ccc(N=Nc2snc3ccc([N+](=O)[O-])cc23)c(CC)c1. The van der Waals surface area contributed by atoms with Gasteiger partial charge in [0.05, 0.1) is 16.1 Å². The van der Waals surface area contributed by atoms with Crippen molar-refractivity contribution in [3.05, 3.63) is 52.1 Å². The second-order valence-corrected chi connectivity index (χ2v) is 7.14.